The van der Waals surface area contributed by atoms with E-state index >= 15 is 0 Å². The van der Waals surface area contributed by atoms with Crippen LogP contribution in [0.5, 0.6) is 0 Å². The second-order valence-electron chi connectivity index (χ2n) is 8.79. The van der Waals surface area contributed by atoms with Crippen molar-refractivity contribution in [3.05, 3.63) is 53.1 Å². The van der Waals surface area contributed by atoms with Crippen LogP contribution in [0.25, 0.3) is 0 Å². The van der Waals surface area contributed by atoms with E-state index in [1.807, 2.05) is 0 Å². The Kier molecular flexibility index (Phi) is 7.36. The summed E-state index contributed by atoms with van der Waals surface area (Å²) in [6.45, 7) is 0.349. The minimum atomic E-state index is -3.65. The summed E-state index contributed by atoms with van der Waals surface area (Å²) in [6, 6.07) is 11.9. The molecule has 0 bridgehead atoms. The van der Waals surface area contributed by atoms with Gasteiger partial charge >= 0.3 is 0 Å². The second-order valence-corrected chi connectivity index (χ2v) is 11.0. The van der Waals surface area contributed by atoms with Gasteiger partial charge in [-0.25, -0.2) is 13.1 Å². The van der Waals surface area contributed by atoms with Gasteiger partial charge in [0.1, 0.15) is 0 Å². The Hall–Kier alpha value is -2.42. The van der Waals surface area contributed by atoms with Crippen molar-refractivity contribution in [3.63, 3.8) is 0 Å². The molecule has 176 valence electrons. The molecule has 2 aliphatic rings. The van der Waals surface area contributed by atoms with Crippen molar-refractivity contribution < 1.29 is 18.0 Å². The molecule has 0 aromatic heterocycles. The molecule has 4 rings (SSSR count). The number of hydrogen-bond donors (Lipinski definition) is 3. The van der Waals surface area contributed by atoms with E-state index in [0.717, 1.165) is 36.9 Å². The summed E-state index contributed by atoms with van der Waals surface area (Å²) in [4.78, 5) is 24.5. The normalized spacial score (nSPS) is 20.9. The van der Waals surface area contributed by atoms with Crippen molar-refractivity contribution in [2.24, 2.45) is 11.8 Å². The van der Waals surface area contributed by atoms with Gasteiger partial charge < -0.3 is 10.6 Å². The zero-order valence-electron chi connectivity index (χ0n) is 18.3. The lowest BCUT2D eigenvalue weighted by molar-refractivity contribution is -0.121. The quantitative estimate of drug-likeness (QED) is 0.561. The van der Waals surface area contributed by atoms with Crippen LogP contribution in [-0.4, -0.2) is 26.8 Å². The largest absolute Gasteiger partial charge is 0.326 e. The summed E-state index contributed by atoms with van der Waals surface area (Å²) in [5.74, 6) is 0.0705. The van der Waals surface area contributed by atoms with Crippen molar-refractivity contribution >= 4 is 44.8 Å². The Balaban J connectivity index is 1.28. The molecule has 0 unspecified atom stereocenters. The number of carbonyl (C=O) groups excluding carboxylic acids is 2. The number of benzene rings is 2. The van der Waals surface area contributed by atoms with Crippen LogP contribution in [0, 0.1) is 11.8 Å². The Morgan fingerprint density at radius 3 is 2.48 bits per heavy atom. The Labute approximate surface area is 199 Å². The fraction of sp³-hybridized carbons (Fsp3) is 0.417. The maximum absolute atomic E-state index is 12.8. The first kappa shape index (κ1) is 23.7. The first-order valence-electron chi connectivity index (χ1n) is 11.3. The van der Waals surface area contributed by atoms with Gasteiger partial charge in [-0.2, -0.15) is 0 Å². The molecule has 9 heteroatoms. The molecule has 2 amide bonds. The fourth-order valence-electron chi connectivity index (χ4n) is 4.44. The molecule has 2 aromatic rings. The van der Waals surface area contributed by atoms with E-state index in [1.165, 1.54) is 6.07 Å². The van der Waals surface area contributed by atoms with E-state index in [0.29, 0.717) is 36.5 Å². The van der Waals surface area contributed by atoms with Crippen LogP contribution in [-0.2, 0) is 26.0 Å². The van der Waals surface area contributed by atoms with Gasteiger partial charge in [-0.3, -0.25) is 9.59 Å². The van der Waals surface area contributed by atoms with Crippen molar-refractivity contribution in [1.29, 1.82) is 0 Å². The summed E-state index contributed by atoms with van der Waals surface area (Å²) in [5.41, 5.74) is 2.25. The molecule has 0 saturated heterocycles. The predicted octanol–water partition coefficient (Wildman–Crippen LogP) is 4.34. The fourth-order valence-corrected chi connectivity index (χ4v) is 5.73. The zero-order chi connectivity index (χ0) is 23.4. The highest BCUT2D eigenvalue weighted by molar-refractivity contribution is 7.89. The van der Waals surface area contributed by atoms with Crippen LogP contribution in [0.4, 0.5) is 11.4 Å². The molecule has 33 heavy (non-hydrogen) atoms. The van der Waals surface area contributed by atoms with Crippen LogP contribution < -0.4 is 15.4 Å². The van der Waals surface area contributed by atoms with Gasteiger partial charge in [0.05, 0.1) is 4.90 Å². The molecule has 3 N–H and O–H groups in total. The van der Waals surface area contributed by atoms with Crippen molar-refractivity contribution in [1.82, 2.24) is 4.72 Å². The molecular weight excluding hydrogens is 462 g/mol. The third kappa shape index (κ3) is 6.13. The van der Waals surface area contributed by atoms with Crippen molar-refractivity contribution in [3.8, 4) is 0 Å². The molecule has 0 atom stereocenters. The SMILES string of the molecule is O=C1CCCc2cc(S(=O)(=O)NCC3CCC(C(=O)Nc4ccc(Cl)cc4)CC3)ccc2N1. The number of rotatable bonds is 6. The highest BCUT2D eigenvalue weighted by Crippen LogP contribution is 2.30. The van der Waals surface area contributed by atoms with Gasteiger partial charge in [-0.1, -0.05) is 11.6 Å². The number of carbonyl (C=O) groups is 2. The predicted molar refractivity (Wildman–Crippen MR) is 129 cm³/mol. The first-order valence-corrected chi connectivity index (χ1v) is 13.1. The van der Waals surface area contributed by atoms with Crippen LogP contribution in [0.2, 0.25) is 5.02 Å². The van der Waals surface area contributed by atoms with Crippen LogP contribution >= 0.6 is 11.6 Å². The van der Waals surface area contributed by atoms with E-state index < -0.39 is 10.0 Å². The van der Waals surface area contributed by atoms with E-state index in [1.54, 1.807) is 36.4 Å². The number of anilines is 2. The van der Waals surface area contributed by atoms with Gasteiger partial charge in [0.2, 0.25) is 21.8 Å². The number of amides is 2. The molecule has 2 aromatic carbocycles. The van der Waals surface area contributed by atoms with E-state index in [2.05, 4.69) is 15.4 Å². The number of fused-ring (bicyclic) bond motifs is 1. The molecular formula is C24H28ClN3O4S. The molecule has 1 aliphatic heterocycles. The summed E-state index contributed by atoms with van der Waals surface area (Å²) in [5, 5.41) is 6.37. The summed E-state index contributed by atoms with van der Waals surface area (Å²) in [7, 11) is -3.65. The van der Waals surface area contributed by atoms with E-state index in [4.69, 9.17) is 11.6 Å². The molecule has 0 spiro atoms. The molecule has 1 heterocycles. The van der Waals surface area contributed by atoms with Crippen LogP contribution in [0.15, 0.2) is 47.4 Å². The topological polar surface area (TPSA) is 104 Å². The summed E-state index contributed by atoms with van der Waals surface area (Å²) in [6.07, 6.45) is 4.84. The third-order valence-corrected chi connectivity index (χ3v) is 8.08. The molecule has 1 saturated carbocycles. The number of nitrogens with one attached hydrogen (secondary N) is 3. The lowest BCUT2D eigenvalue weighted by Crippen LogP contribution is -2.33. The Bertz CT molecular complexity index is 1130. The van der Waals surface area contributed by atoms with E-state index in [-0.39, 0.29) is 28.5 Å². The third-order valence-electron chi connectivity index (χ3n) is 6.40. The second kappa shape index (κ2) is 10.2. The highest BCUT2D eigenvalue weighted by atomic mass is 35.5. The van der Waals surface area contributed by atoms with E-state index in [9.17, 15) is 18.0 Å². The molecule has 7 nitrogen and oxygen atoms in total. The lowest BCUT2D eigenvalue weighted by atomic mass is 9.81. The van der Waals surface area contributed by atoms with Gasteiger partial charge in [0, 0.05) is 35.3 Å². The smallest absolute Gasteiger partial charge is 0.240 e. The van der Waals surface area contributed by atoms with Gasteiger partial charge in [0.25, 0.3) is 0 Å². The minimum absolute atomic E-state index is 0.00609. The van der Waals surface area contributed by atoms with Crippen LogP contribution in [0.1, 0.15) is 44.1 Å². The number of sulfonamides is 1. The maximum Gasteiger partial charge on any atom is 0.240 e. The van der Waals surface area contributed by atoms with Gasteiger partial charge in [0.15, 0.2) is 0 Å². The molecule has 1 fully saturated rings. The zero-order valence-corrected chi connectivity index (χ0v) is 19.8. The first-order chi connectivity index (χ1) is 15.8. The average Bonchev–Trinajstić information content (AvgIpc) is 2.99. The summed E-state index contributed by atoms with van der Waals surface area (Å²) >= 11 is 5.88. The average molecular weight is 490 g/mol. The van der Waals surface area contributed by atoms with Crippen molar-refractivity contribution in [2.45, 2.75) is 49.8 Å². The lowest BCUT2D eigenvalue weighted by Gasteiger charge is -2.28. The number of hydrogen-bond acceptors (Lipinski definition) is 4. The Morgan fingerprint density at radius 1 is 1.03 bits per heavy atom. The Morgan fingerprint density at radius 2 is 1.76 bits per heavy atom. The summed E-state index contributed by atoms with van der Waals surface area (Å²) < 4.78 is 28.4. The van der Waals surface area contributed by atoms with Crippen LogP contribution in [0.3, 0.4) is 0 Å². The monoisotopic (exact) mass is 489 g/mol. The molecule has 1 aliphatic carbocycles. The van der Waals surface area contributed by atoms with Gasteiger partial charge in [-0.15, -0.1) is 0 Å². The standard InChI is InChI=1S/C24H28ClN3O4S/c25-19-8-10-20(11-9-19)27-24(30)17-6-4-16(5-7-17)15-26-33(31,32)21-12-13-22-18(14-21)2-1-3-23(29)28-22/h8-14,16-17,26H,1-7,15H2,(H,27,30)(H,28,29). The maximum atomic E-state index is 12.8. The number of aryl methyl sites for hydroxylation is 1. The highest BCUT2D eigenvalue weighted by Gasteiger charge is 2.27. The minimum Gasteiger partial charge on any atom is -0.326 e. The van der Waals surface area contributed by atoms with Gasteiger partial charge in [-0.05, 0) is 92.5 Å². The molecule has 0 radical (unpaired) electrons. The van der Waals surface area contributed by atoms with Crippen molar-refractivity contribution in [2.75, 3.05) is 17.2 Å². The number of halogens is 1.